The fourth-order valence-electron chi connectivity index (χ4n) is 1.09. The molecule has 4 nitrogen and oxygen atoms in total. The molecule has 5 heteroatoms. The van der Waals surface area contributed by atoms with E-state index in [9.17, 15) is 0 Å². The van der Waals surface area contributed by atoms with Gasteiger partial charge in [-0.05, 0) is 12.1 Å². The molecule has 2 aromatic rings. The van der Waals surface area contributed by atoms with Crippen LogP contribution in [0.5, 0.6) is 5.75 Å². The minimum atomic E-state index is 0.434. The lowest BCUT2D eigenvalue weighted by Crippen LogP contribution is -1.94. The first-order valence-electron chi connectivity index (χ1n) is 4.57. The van der Waals surface area contributed by atoms with Gasteiger partial charge in [-0.2, -0.15) is 0 Å². The highest BCUT2D eigenvalue weighted by molar-refractivity contribution is 7.11. The van der Waals surface area contributed by atoms with Gasteiger partial charge in [0.25, 0.3) is 0 Å². The summed E-state index contributed by atoms with van der Waals surface area (Å²) in [6.07, 6.45) is 0. The zero-order valence-electron chi connectivity index (χ0n) is 8.09. The Morgan fingerprint density at radius 1 is 1.13 bits per heavy atom. The Bertz CT molecular complexity index is 416. The Morgan fingerprint density at radius 3 is 2.53 bits per heavy atom. The molecule has 0 amide bonds. The summed E-state index contributed by atoms with van der Waals surface area (Å²) in [6, 6.07) is 9.63. The molecule has 1 aromatic carbocycles. The van der Waals surface area contributed by atoms with Crippen LogP contribution < -0.4 is 10.5 Å². The summed E-state index contributed by atoms with van der Waals surface area (Å²) < 4.78 is 5.52. The first kappa shape index (κ1) is 10.1. The number of hydrogen-bond acceptors (Lipinski definition) is 5. The Morgan fingerprint density at radius 2 is 1.87 bits per heavy atom. The third-order valence-electron chi connectivity index (χ3n) is 1.79. The summed E-state index contributed by atoms with van der Waals surface area (Å²) in [5.41, 5.74) is 5.44. The van der Waals surface area contributed by atoms with E-state index in [0.717, 1.165) is 15.8 Å². The number of nitrogens with zero attached hydrogens (tertiary/aromatic N) is 2. The van der Waals surface area contributed by atoms with Gasteiger partial charge in [-0.1, -0.05) is 29.5 Å². The maximum Gasteiger partial charge on any atom is 0.155 e. The van der Waals surface area contributed by atoms with Gasteiger partial charge in [0.05, 0.1) is 0 Å². The Balaban J connectivity index is 1.93. The topological polar surface area (TPSA) is 61.0 Å². The van der Waals surface area contributed by atoms with E-state index in [2.05, 4.69) is 10.2 Å². The average molecular weight is 221 g/mol. The zero-order chi connectivity index (χ0) is 10.5. The number of aromatic nitrogens is 2. The molecule has 0 aliphatic rings. The van der Waals surface area contributed by atoms with Crippen molar-refractivity contribution in [2.75, 3.05) is 0 Å². The van der Waals surface area contributed by atoms with Gasteiger partial charge in [-0.15, -0.1) is 10.2 Å². The molecule has 0 atom stereocenters. The van der Waals surface area contributed by atoms with Crippen molar-refractivity contribution in [2.24, 2.45) is 5.73 Å². The van der Waals surface area contributed by atoms with Crippen molar-refractivity contribution in [1.82, 2.24) is 10.2 Å². The molecule has 0 aliphatic heterocycles. The molecule has 0 aliphatic carbocycles. The minimum Gasteiger partial charge on any atom is -0.486 e. The van der Waals surface area contributed by atoms with Gasteiger partial charge in [0.1, 0.15) is 17.4 Å². The summed E-state index contributed by atoms with van der Waals surface area (Å²) in [6.45, 7) is 0.880. The van der Waals surface area contributed by atoms with Crippen molar-refractivity contribution in [3.63, 3.8) is 0 Å². The first-order chi connectivity index (χ1) is 7.38. The smallest absolute Gasteiger partial charge is 0.155 e. The zero-order valence-corrected chi connectivity index (χ0v) is 8.91. The standard InChI is InChI=1S/C10H11N3OS/c11-6-9-12-13-10(15-9)7-14-8-4-2-1-3-5-8/h1-5H,6-7,11H2. The molecule has 0 bridgehead atoms. The molecule has 0 saturated carbocycles. The molecule has 0 unspecified atom stereocenters. The monoisotopic (exact) mass is 221 g/mol. The molecule has 2 N–H and O–H groups in total. The van der Waals surface area contributed by atoms with Crippen molar-refractivity contribution in [3.8, 4) is 5.75 Å². The highest BCUT2D eigenvalue weighted by Gasteiger charge is 2.02. The Kier molecular flexibility index (Phi) is 3.26. The van der Waals surface area contributed by atoms with Crippen LogP contribution in [0.1, 0.15) is 10.0 Å². The Labute approximate surface area is 91.7 Å². The van der Waals surface area contributed by atoms with Gasteiger partial charge in [-0.3, -0.25) is 0 Å². The van der Waals surface area contributed by atoms with Crippen LogP contribution in [0.15, 0.2) is 30.3 Å². The van der Waals surface area contributed by atoms with Crippen LogP contribution in [0.3, 0.4) is 0 Å². The van der Waals surface area contributed by atoms with Crippen molar-refractivity contribution in [3.05, 3.63) is 40.3 Å². The van der Waals surface area contributed by atoms with Gasteiger partial charge in [0, 0.05) is 6.54 Å². The van der Waals surface area contributed by atoms with E-state index in [1.807, 2.05) is 30.3 Å². The van der Waals surface area contributed by atoms with E-state index in [1.54, 1.807) is 0 Å². The summed E-state index contributed by atoms with van der Waals surface area (Å²) in [5, 5.41) is 9.56. The molecular formula is C10H11N3OS. The molecule has 0 fully saturated rings. The minimum absolute atomic E-state index is 0.434. The highest BCUT2D eigenvalue weighted by atomic mass is 32.1. The van der Waals surface area contributed by atoms with Crippen LogP contribution >= 0.6 is 11.3 Å². The number of nitrogens with two attached hydrogens (primary N) is 1. The molecule has 0 radical (unpaired) electrons. The van der Waals surface area contributed by atoms with E-state index in [4.69, 9.17) is 10.5 Å². The van der Waals surface area contributed by atoms with Crippen LogP contribution in [0.4, 0.5) is 0 Å². The highest BCUT2D eigenvalue weighted by Crippen LogP contribution is 2.14. The lowest BCUT2D eigenvalue weighted by Gasteiger charge is -2.01. The first-order valence-corrected chi connectivity index (χ1v) is 5.39. The number of ether oxygens (including phenoxy) is 1. The van der Waals surface area contributed by atoms with E-state index in [-0.39, 0.29) is 0 Å². The third-order valence-corrected chi connectivity index (χ3v) is 2.71. The normalized spacial score (nSPS) is 10.2. The largest absolute Gasteiger partial charge is 0.486 e. The van der Waals surface area contributed by atoms with Crippen molar-refractivity contribution < 1.29 is 4.74 Å². The lowest BCUT2D eigenvalue weighted by molar-refractivity contribution is 0.304. The second kappa shape index (κ2) is 4.86. The van der Waals surface area contributed by atoms with Crippen molar-refractivity contribution in [2.45, 2.75) is 13.2 Å². The fourth-order valence-corrected chi connectivity index (χ4v) is 1.73. The molecule has 0 saturated heterocycles. The number of benzene rings is 1. The van der Waals surface area contributed by atoms with Crippen LogP contribution in [-0.4, -0.2) is 10.2 Å². The van der Waals surface area contributed by atoms with Crippen molar-refractivity contribution in [1.29, 1.82) is 0 Å². The van der Waals surface area contributed by atoms with Gasteiger partial charge < -0.3 is 10.5 Å². The van der Waals surface area contributed by atoms with Gasteiger partial charge in [0.15, 0.2) is 5.01 Å². The summed E-state index contributed by atoms with van der Waals surface area (Å²) in [7, 11) is 0. The molecule has 15 heavy (non-hydrogen) atoms. The predicted octanol–water partition coefficient (Wildman–Crippen LogP) is 1.58. The molecule has 1 heterocycles. The van der Waals surface area contributed by atoms with Crippen LogP contribution in [-0.2, 0) is 13.2 Å². The Hall–Kier alpha value is -1.46. The second-order valence-corrected chi connectivity index (χ2v) is 4.04. The second-order valence-electron chi connectivity index (χ2n) is 2.90. The van der Waals surface area contributed by atoms with Crippen LogP contribution in [0, 0.1) is 0 Å². The van der Waals surface area contributed by atoms with Crippen LogP contribution in [0.2, 0.25) is 0 Å². The summed E-state index contributed by atoms with van der Waals surface area (Å²) in [4.78, 5) is 0. The maximum absolute atomic E-state index is 5.52. The summed E-state index contributed by atoms with van der Waals surface area (Å²) in [5.74, 6) is 0.835. The fraction of sp³-hybridized carbons (Fsp3) is 0.200. The van der Waals surface area contributed by atoms with Gasteiger partial charge >= 0.3 is 0 Å². The van der Waals surface area contributed by atoms with Gasteiger partial charge in [-0.25, -0.2) is 0 Å². The van der Waals surface area contributed by atoms with Crippen molar-refractivity contribution >= 4 is 11.3 Å². The number of para-hydroxylation sites is 1. The molecule has 0 spiro atoms. The van der Waals surface area contributed by atoms with E-state index >= 15 is 0 Å². The molecule has 1 aromatic heterocycles. The summed E-state index contributed by atoms with van der Waals surface area (Å²) >= 11 is 1.48. The van der Waals surface area contributed by atoms with E-state index in [1.165, 1.54) is 11.3 Å². The quantitative estimate of drug-likeness (QED) is 0.851. The predicted molar refractivity (Wildman–Crippen MR) is 58.6 cm³/mol. The lowest BCUT2D eigenvalue weighted by atomic mass is 10.3. The van der Waals surface area contributed by atoms with E-state index in [0.29, 0.717) is 13.2 Å². The number of hydrogen-bond donors (Lipinski definition) is 1. The third kappa shape index (κ3) is 2.74. The molecule has 2 rings (SSSR count). The van der Waals surface area contributed by atoms with Gasteiger partial charge in [0.2, 0.25) is 0 Å². The maximum atomic E-state index is 5.52. The van der Waals surface area contributed by atoms with E-state index < -0.39 is 0 Å². The van der Waals surface area contributed by atoms with Crippen LogP contribution in [0.25, 0.3) is 0 Å². The molecule has 78 valence electrons. The number of rotatable bonds is 4. The average Bonchev–Trinajstić information content (AvgIpc) is 2.76. The SMILES string of the molecule is NCc1nnc(COc2ccccc2)s1. The molecular weight excluding hydrogens is 210 g/mol.